The second kappa shape index (κ2) is 6.57. The van der Waals surface area contributed by atoms with Crippen molar-refractivity contribution in [3.05, 3.63) is 35.5 Å². The van der Waals surface area contributed by atoms with Crippen LogP contribution < -0.4 is 10.2 Å². The Bertz CT molecular complexity index is 603. The molecule has 0 atom stereocenters. The third-order valence-corrected chi connectivity index (χ3v) is 3.57. The molecule has 21 heavy (non-hydrogen) atoms. The lowest BCUT2D eigenvalue weighted by Gasteiger charge is -2.14. The number of nitrogens with one attached hydrogen (secondary N) is 1. The Balaban J connectivity index is 2.36. The summed E-state index contributed by atoms with van der Waals surface area (Å²) in [5, 5.41) is 3.38. The molecular weight excluding hydrogens is 260 g/mol. The minimum atomic E-state index is 0.780. The molecule has 2 rings (SSSR count). The molecule has 1 aromatic carbocycles. The number of rotatable bonds is 5. The molecule has 0 amide bonds. The van der Waals surface area contributed by atoms with Crippen LogP contribution >= 0.6 is 0 Å². The predicted octanol–water partition coefficient (Wildman–Crippen LogP) is 3.65. The van der Waals surface area contributed by atoms with Crippen molar-refractivity contribution in [1.29, 1.82) is 0 Å². The zero-order valence-corrected chi connectivity index (χ0v) is 13.6. The normalized spacial score (nSPS) is 10.5. The minimum Gasteiger partial charge on any atom is -0.378 e. The van der Waals surface area contributed by atoms with Gasteiger partial charge in [0.05, 0.1) is 0 Å². The highest BCUT2D eigenvalue weighted by atomic mass is 15.1. The van der Waals surface area contributed by atoms with Gasteiger partial charge < -0.3 is 10.2 Å². The fourth-order valence-electron chi connectivity index (χ4n) is 2.08. The molecule has 4 nitrogen and oxygen atoms in total. The van der Waals surface area contributed by atoms with Gasteiger partial charge in [0.15, 0.2) is 5.82 Å². The summed E-state index contributed by atoms with van der Waals surface area (Å²) in [5.41, 5.74) is 4.36. The van der Waals surface area contributed by atoms with Crippen LogP contribution in [0.25, 0.3) is 11.4 Å². The van der Waals surface area contributed by atoms with E-state index in [-0.39, 0.29) is 0 Å². The maximum absolute atomic E-state index is 4.68. The van der Waals surface area contributed by atoms with E-state index in [9.17, 15) is 0 Å². The van der Waals surface area contributed by atoms with E-state index >= 15 is 0 Å². The molecule has 0 fully saturated rings. The number of aryl methyl sites for hydroxylation is 1. The van der Waals surface area contributed by atoms with Gasteiger partial charge in [0.1, 0.15) is 5.82 Å². The van der Waals surface area contributed by atoms with Crippen molar-refractivity contribution in [2.24, 2.45) is 0 Å². The van der Waals surface area contributed by atoms with Gasteiger partial charge in [0, 0.05) is 43.1 Å². The van der Waals surface area contributed by atoms with Crippen LogP contribution in [0.5, 0.6) is 0 Å². The fraction of sp³-hybridized carbons (Fsp3) is 0.412. The molecule has 1 N–H and O–H groups in total. The number of nitrogens with zero attached hydrogens (tertiary/aromatic N) is 3. The van der Waals surface area contributed by atoms with Crippen LogP contribution in [0.2, 0.25) is 0 Å². The van der Waals surface area contributed by atoms with Gasteiger partial charge in [0.2, 0.25) is 0 Å². The van der Waals surface area contributed by atoms with Gasteiger partial charge in [0.25, 0.3) is 0 Å². The summed E-state index contributed by atoms with van der Waals surface area (Å²) in [5.74, 6) is 1.72. The zero-order chi connectivity index (χ0) is 15.4. The Morgan fingerprint density at radius 3 is 2.29 bits per heavy atom. The van der Waals surface area contributed by atoms with E-state index in [0.717, 1.165) is 41.4 Å². The summed E-state index contributed by atoms with van der Waals surface area (Å²) in [6, 6.07) is 8.33. The number of aromatic nitrogens is 2. The smallest absolute Gasteiger partial charge is 0.161 e. The topological polar surface area (TPSA) is 41.1 Å². The molecule has 2 aromatic rings. The van der Waals surface area contributed by atoms with Gasteiger partial charge in [-0.2, -0.15) is 0 Å². The highest BCUT2D eigenvalue weighted by Crippen LogP contribution is 2.23. The number of hydrogen-bond acceptors (Lipinski definition) is 4. The van der Waals surface area contributed by atoms with Crippen LogP contribution in [0, 0.1) is 13.8 Å². The van der Waals surface area contributed by atoms with E-state index in [1.165, 1.54) is 5.69 Å². The van der Waals surface area contributed by atoms with Crippen LogP contribution in [-0.2, 0) is 0 Å². The Hall–Kier alpha value is -2.10. The Morgan fingerprint density at radius 1 is 1.05 bits per heavy atom. The van der Waals surface area contributed by atoms with Crippen molar-refractivity contribution in [3.8, 4) is 11.4 Å². The quantitative estimate of drug-likeness (QED) is 0.910. The van der Waals surface area contributed by atoms with Crippen molar-refractivity contribution in [2.75, 3.05) is 30.9 Å². The average Bonchev–Trinajstić information content (AvgIpc) is 2.48. The Labute approximate surface area is 127 Å². The molecule has 0 saturated carbocycles. The number of hydrogen-bond donors (Lipinski definition) is 1. The van der Waals surface area contributed by atoms with Crippen LogP contribution in [0.3, 0.4) is 0 Å². The molecule has 0 radical (unpaired) electrons. The first-order valence-electron chi connectivity index (χ1n) is 7.39. The lowest BCUT2D eigenvalue weighted by atomic mass is 10.1. The summed E-state index contributed by atoms with van der Waals surface area (Å²) in [6.07, 6.45) is 1.08. The standard InChI is InChI=1S/C17H24N4/c1-6-11-18-16-12(2)13(3)19-17(20-16)14-7-9-15(10-8-14)21(4)5/h7-10H,6,11H2,1-5H3,(H,18,19,20). The maximum atomic E-state index is 4.68. The lowest BCUT2D eigenvalue weighted by Crippen LogP contribution is -2.09. The minimum absolute atomic E-state index is 0.780. The van der Waals surface area contributed by atoms with Gasteiger partial charge in [-0.1, -0.05) is 6.92 Å². The van der Waals surface area contributed by atoms with Gasteiger partial charge in [-0.05, 0) is 44.5 Å². The molecule has 0 aliphatic heterocycles. The Morgan fingerprint density at radius 2 is 1.71 bits per heavy atom. The first kappa shape index (κ1) is 15.3. The third-order valence-electron chi connectivity index (χ3n) is 3.57. The SMILES string of the molecule is CCCNc1nc(-c2ccc(N(C)C)cc2)nc(C)c1C. The largest absolute Gasteiger partial charge is 0.378 e. The third kappa shape index (κ3) is 3.51. The van der Waals surface area contributed by atoms with Gasteiger partial charge >= 0.3 is 0 Å². The first-order chi connectivity index (χ1) is 10.0. The molecule has 1 aromatic heterocycles. The fourth-order valence-corrected chi connectivity index (χ4v) is 2.08. The van der Waals surface area contributed by atoms with Gasteiger partial charge in [-0.15, -0.1) is 0 Å². The highest BCUT2D eigenvalue weighted by molar-refractivity contribution is 5.63. The summed E-state index contributed by atoms with van der Waals surface area (Å²) in [6.45, 7) is 7.17. The number of benzene rings is 1. The predicted molar refractivity (Wildman–Crippen MR) is 90.0 cm³/mol. The molecule has 0 saturated heterocycles. The second-order valence-corrected chi connectivity index (χ2v) is 5.47. The summed E-state index contributed by atoms with van der Waals surface area (Å²) in [4.78, 5) is 11.4. The molecular formula is C17H24N4. The lowest BCUT2D eigenvalue weighted by molar-refractivity contribution is 0.954. The first-order valence-corrected chi connectivity index (χ1v) is 7.39. The molecule has 4 heteroatoms. The van der Waals surface area contributed by atoms with E-state index in [0.29, 0.717) is 0 Å². The van der Waals surface area contributed by atoms with Crippen LogP contribution in [0.15, 0.2) is 24.3 Å². The van der Waals surface area contributed by atoms with Crippen molar-refractivity contribution in [1.82, 2.24) is 9.97 Å². The molecule has 0 bridgehead atoms. The molecule has 1 heterocycles. The van der Waals surface area contributed by atoms with E-state index in [4.69, 9.17) is 0 Å². The second-order valence-electron chi connectivity index (χ2n) is 5.47. The van der Waals surface area contributed by atoms with Gasteiger partial charge in [-0.3, -0.25) is 0 Å². The van der Waals surface area contributed by atoms with Gasteiger partial charge in [-0.25, -0.2) is 9.97 Å². The van der Waals surface area contributed by atoms with E-state index < -0.39 is 0 Å². The van der Waals surface area contributed by atoms with Crippen molar-refractivity contribution >= 4 is 11.5 Å². The van der Waals surface area contributed by atoms with Crippen LogP contribution in [0.4, 0.5) is 11.5 Å². The molecule has 112 valence electrons. The summed E-state index contributed by atoms with van der Waals surface area (Å²) < 4.78 is 0. The molecule has 0 aliphatic rings. The number of anilines is 2. The average molecular weight is 284 g/mol. The molecule has 0 aliphatic carbocycles. The van der Waals surface area contributed by atoms with Crippen molar-refractivity contribution < 1.29 is 0 Å². The van der Waals surface area contributed by atoms with E-state index in [1.807, 2.05) is 21.0 Å². The van der Waals surface area contributed by atoms with Crippen LogP contribution in [0.1, 0.15) is 24.6 Å². The van der Waals surface area contributed by atoms with E-state index in [2.05, 4.69) is 58.3 Å². The zero-order valence-electron chi connectivity index (χ0n) is 13.6. The van der Waals surface area contributed by atoms with E-state index in [1.54, 1.807) is 0 Å². The van der Waals surface area contributed by atoms with Crippen LogP contribution in [-0.4, -0.2) is 30.6 Å². The summed E-state index contributed by atoms with van der Waals surface area (Å²) >= 11 is 0. The molecule has 0 spiro atoms. The Kier molecular flexibility index (Phi) is 4.78. The maximum Gasteiger partial charge on any atom is 0.161 e. The molecule has 0 unspecified atom stereocenters. The summed E-state index contributed by atoms with van der Waals surface area (Å²) in [7, 11) is 4.07. The monoisotopic (exact) mass is 284 g/mol. The van der Waals surface area contributed by atoms with Crippen molar-refractivity contribution in [2.45, 2.75) is 27.2 Å². The van der Waals surface area contributed by atoms with Crippen molar-refractivity contribution in [3.63, 3.8) is 0 Å². The highest BCUT2D eigenvalue weighted by Gasteiger charge is 2.09.